The normalized spacial score (nSPS) is 21.5. The average Bonchev–Trinajstić information content (AvgIpc) is 2.48. The number of phenolic OH excluding ortho intramolecular Hbond substituents is 1. The summed E-state index contributed by atoms with van der Waals surface area (Å²) in [7, 11) is 0. The summed E-state index contributed by atoms with van der Waals surface area (Å²) in [5.41, 5.74) is 2.12. The predicted octanol–water partition coefficient (Wildman–Crippen LogP) is 3.89. The number of likely N-dealkylation sites (tertiary alicyclic amines) is 1. The van der Waals surface area contributed by atoms with Crippen molar-refractivity contribution in [1.82, 2.24) is 4.90 Å². The number of nitrogens with zero attached hydrogens (tertiary/aromatic N) is 1. The fraction of sp³-hybridized carbons (Fsp3) is 0.611. The van der Waals surface area contributed by atoms with E-state index in [-0.39, 0.29) is 11.7 Å². The first-order chi connectivity index (χ1) is 10.1. The molecule has 21 heavy (non-hydrogen) atoms. The van der Waals surface area contributed by atoms with Crippen molar-refractivity contribution >= 4 is 5.91 Å². The van der Waals surface area contributed by atoms with Crippen LogP contribution >= 0.6 is 0 Å². The molecule has 1 aromatic carbocycles. The van der Waals surface area contributed by atoms with Crippen molar-refractivity contribution in [2.75, 3.05) is 13.1 Å². The van der Waals surface area contributed by atoms with E-state index < -0.39 is 0 Å². The molecule has 0 unspecified atom stereocenters. The first-order valence-corrected chi connectivity index (χ1v) is 8.19. The fourth-order valence-electron chi connectivity index (χ4n) is 4.04. The van der Waals surface area contributed by atoms with Gasteiger partial charge in [-0.3, -0.25) is 4.79 Å². The van der Waals surface area contributed by atoms with Crippen LogP contribution in [-0.2, 0) is 0 Å². The molecule has 1 N–H and O–H groups in total. The third-order valence-corrected chi connectivity index (χ3v) is 5.47. The van der Waals surface area contributed by atoms with Crippen LogP contribution < -0.4 is 0 Å². The number of rotatable bonds is 1. The molecule has 0 bridgehead atoms. The Morgan fingerprint density at radius 2 is 1.76 bits per heavy atom. The summed E-state index contributed by atoms with van der Waals surface area (Å²) in [5.74, 6) is 0.349. The summed E-state index contributed by atoms with van der Waals surface area (Å²) in [6.07, 6.45) is 9.15. The van der Waals surface area contributed by atoms with E-state index in [9.17, 15) is 9.90 Å². The number of carbonyl (C=O) groups excluding carboxylic acids is 1. The number of hydrogen-bond acceptors (Lipinski definition) is 2. The second-order valence-electron chi connectivity index (χ2n) is 6.85. The lowest BCUT2D eigenvalue weighted by Crippen LogP contribution is -2.44. The van der Waals surface area contributed by atoms with Crippen LogP contribution in [0.3, 0.4) is 0 Å². The maximum atomic E-state index is 12.6. The Morgan fingerprint density at radius 3 is 2.38 bits per heavy atom. The zero-order valence-corrected chi connectivity index (χ0v) is 12.9. The van der Waals surface area contributed by atoms with E-state index in [1.54, 1.807) is 18.2 Å². The van der Waals surface area contributed by atoms with Crippen LogP contribution in [0.15, 0.2) is 18.2 Å². The lowest BCUT2D eigenvalue weighted by molar-refractivity contribution is 0.0471. The van der Waals surface area contributed by atoms with Crippen LogP contribution in [0.5, 0.6) is 5.75 Å². The molecule has 3 nitrogen and oxygen atoms in total. The Bertz CT molecular complexity index is 522. The molecule has 114 valence electrons. The largest absolute Gasteiger partial charge is 0.508 e. The summed E-state index contributed by atoms with van der Waals surface area (Å²) < 4.78 is 0. The fourth-order valence-corrected chi connectivity index (χ4v) is 4.04. The number of benzene rings is 1. The summed E-state index contributed by atoms with van der Waals surface area (Å²) in [5, 5.41) is 9.47. The molecule has 3 heteroatoms. The minimum atomic E-state index is 0.123. The Balaban J connectivity index is 1.67. The number of hydrogen-bond donors (Lipinski definition) is 1. The predicted molar refractivity (Wildman–Crippen MR) is 83.5 cm³/mol. The zero-order chi connectivity index (χ0) is 14.9. The van der Waals surface area contributed by atoms with Gasteiger partial charge in [-0.05, 0) is 61.8 Å². The Kier molecular flexibility index (Phi) is 3.92. The van der Waals surface area contributed by atoms with E-state index in [0.717, 1.165) is 37.1 Å². The van der Waals surface area contributed by atoms with Gasteiger partial charge >= 0.3 is 0 Å². The van der Waals surface area contributed by atoms with Crippen molar-refractivity contribution in [3.05, 3.63) is 29.3 Å². The smallest absolute Gasteiger partial charge is 0.254 e. The highest BCUT2D eigenvalue weighted by molar-refractivity contribution is 5.95. The van der Waals surface area contributed by atoms with Gasteiger partial charge in [-0.25, -0.2) is 0 Å². The molecule has 1 heterocycles. The molecular formula is C18H25NO2. The highest BCUT2D eigenvalue weighted by Crippen LogP contribution is 2.44. The Hall–Kier alpha value is -1.51. The third-order valence-electron chi connectivity index (χ3n) is 5.47. The number of carbonyl (C=O) groups is 1. The van der Waals surface area contributed by atoms with Crippen molar-refractivity contribution < 1.29 is 9.90 Å². The number of phenols is 1. The molecule has 1 aliphatic carbocycles. The van der Waals surface area contributed by atoms with Gasteiger partial charge in [-0.15, -0.1) is 0 Å². The van der Waals surface area contributed by atoms with Crippen molar-refractivity contribution in [1.29, 1.82) is 0 Å². The van der Waals surface area contributed by atoms with Gasteiger partial charge in [0.2, 0.25) is 0 Å². The SMILES string of the molecule is Cc1cc(O)ccc1C(=O)N1CCC2(CCCCC2)CC1. The topological polar surface area (TPSA) is 40.5 Å². The summed E-state index contributed by atoms with van der Waals surface area (Å²) >= 11 is 0. The number of piperidine rings is 1. The maximum absolute atomic E-state index is 12.6. The second kappa shape index (κ2) is 5.70. The quantitative estimate of drug-likeness (QED) is 0.851. The number of aromatic hydroxyl groups is 1. The molecule has 1 saturated carbocycles. The highest BCUT2D eigenvalue weighted by atomic mass is 16.3. The van der Waals surface area contributed by atoms with Gasteiger partial charge in [-0.1, -0.05) is 19.3 Å². The van der Waals surface area contributed by atoms with Gasteiger partial charge in [-0.2, -0.15) is 0 Å². The minimum absolute atomic E-state index is 0.123. The maximum Gasteiger partial charge on any atom is 0.254 e. The number of aryl methyl sites for hydroxylation is 1. The molecule has 2 fully saturated rings. The van der Waals surface area contributed by atoms with E-state index in [2.05, 4.69) is 0 Å². The summed E-state index contributed by atoms with van der Waals surface area (Å²) in [6.45, 7) is 3.66. The molecule has 0 atom stereocenters. The molecule has 1 amide bonds. The number of amides is 1. The first kappa shape index (κ1) is 14.4. The molecule has 0 aromatic heterocycles. The molecule has 3 rings (SSSR count). The molecule has 1 aromatic rings. The van der Waals surface area contributed by atoms with Gasteiger partial charge in [0.15, 0.2) is 0 Å². The van der Waals surface area contributed by atoms with Gasteiger partial charge < -0.3 is 10.0 Å². The van der Waals surface area contributed by atoms with Gasteiger partial charge in [0.25, 0.3) is 5.91 Å². The third kappa shape index (κ3) is 2.92. The summed E-state index contributed by atoms with van der Waals surface area (Å²) in [4.78, 5) is 14.6. The molecule has 1 aliphatic heterocycles. The minimum Gasteiger partial charge on any atom is -0.508 e. The zero-order valence-electron chi connectivity index (χ0n) is 12.9. The van der Waals surface area contributed by atoms with Gasteiger partial charge in [0.1, 0.15) is 5.75 Å². The van der Waals surface area contributed by atoms with Gasteiger partial charge in [0, 0.05) is 18.7 Å². The Labute approximate surface area is 127 Å². The standard InChI is InChI=1S/C18H25NO2/c1-14-13-15(20)5-6-16(14)17(21)19-11-9-18(10-12-19)7-3-2-4-8-18/h5-6,13,20H,2-4,7-12H2,1H3. The van der Waals surface area contributed by atoms with Gasteiger partial charge in [0.05, 0.1) is 0 Å². The van der Waals surface area contributed by atoms with Crippen molar-refractivity contribution in [3.8, 4) is 5.75 Å². The highest BCUT2D eigenvalue weighted by Gasteiger charge is 2.36. The van der Waals surface area contributed by atoms with E-state index in [4.69, 9.17) is 0 Å². The molecular weight excluding hydrogens is 262 g/mol. The van der Waals surface area contributed by atoms with Crippen LogP contribution in [0.2, 0.25) is 0 Å². The lowest BCUT2D eigenvalue weighted by Gasteiger charge is -2.44. The van der Waals surface area contributed by atoms with Crippen molar-refractivity contribution in [2.45, 2.75) is 51.9 Å². The molecule has 1 saturated heterocycles. The molecule has 1 spiro atoms. The van der Waals surface area contributed by atoms with Crippen LogP contribution in [0.4, 0.5) is 0 Å². The average molecular weight is 287 g/mol. The van der Waals surface area contributed by atoms with Crippen LogP contribution in [0, 0.1) is 12.3 Å². The van der Waals surface area contributed by atoms with Crippen LogP contribution in [0.1, 0.15) is 60.9 Å². The van der Waals surface area contributed by atoms with E-state index in [1.165, 1.54) is 32.1 Å². The van der Waals surface area contributed by atoms with E-state index >= 15 is 0 Å². The molecule has 0 radical (unpaired) electrons. The summed E-state index contributed by atoms with van der Waals surface area (Å²) in [6, 6.07) is 5.02. The van der Waals surface area contributed by atoms with Crippen LogP contribution in [0.25, 0.3) is 0 Å². The van der Waals surface area contributed by atoms with Crippen molar-refractivity contribution in [3.63, 3.8) is 0 Å². The first-order valence-electron chi connectivity index (χ1n) is 8.19. The van der Waals surface area contributed by atoms with E-state index in [0.29, 0.717) is 5.41 Å². The van der Waals surface area contributed by atoms with Crippen LogP contribution in [-0.4, -0.2) is 29.0 Å². The van der Waals surface area contributed by atoms with Crippen molar-refractivity contribution in [2.24, 2.45) is 5.41 Å². The Morgan fingerprint density at radius 1 is 1.10 bits per heavy atom. The second-order valence-corrected chi connectivity index (χ2v) is 6.85. The monoisotopic (exact) mass is 287 g/mol. The lowest BCUT2D eigenvalue weighted by atomic mass is 9.68. The van der Waals surface area contributed by atoms with E-state index in [1.807, 2.05) is 11.8 Å². The molecule has 2 aliphatic rings.